The highest BCUT2D eigenvalue weighted by atomic mass is 16.5. The lowest BCUT2D eigenvalue weighted by Crippen LogP contribution is -2.36. The average molecular weight is 389 g/mol. The van der Waals surface area contributed by atoms with Crippen LogP contribution in [0.1, 0.15) is 25.7 Å². The molecule has 2 saturated heterocycles. The maximum atomic E-state index is 12.0. The molecule has 8 heteroatoms. The third kappa shape index (κ3) is 5.95. The molecule has 2 aliphatic rings. The van der Waals surface area contributed by atoms with Gasteiger partial charge >= 0.3 is 5.97 Å². The summed E-state index contributed by atoms with van der Waals surface area (Å²) in [5.41, 5.74) is 1.72. The van der Waals surface area contributed by atoms with E-state index < -0.39 is 11.9 Å². The van der Waals surface area contributed by atoms with E-state index in [-0.39, 0.29) is 19.1 Å². The fourth-order valence-corrected chi connectivity index (χ4v) is 3.33. The Labute approximate surface area is 164 Å². The Hall–Kier alpha value is -2.61. The van der Waals surface area contributed by atoms with Crippen molar-refractivity contribution in [3.8, 4) is 0 Å². The number of esters is 1. The molecule has 2 aliphatic heterocycles. The predicted molar refractivity (Wildman–Crippen MR) is 104 cm³/mol. The van der Waals surface area contributed by atoms with Crippen LogP contribution >= 0.6 is 0 Å². The summed E-state index contributed by atoms with van der Waals surface area (Å²) >= 11 is 0. The number of likely N-dealkylation sites (tertiary alicyclic amines) is 1. The fourth-order valence-electron chi connectivity index (χ4n) is 3.33. The van der Waals surface area contributed by atoms with Crippen molar-refractivity contribution in [1.29, 1.82) is 0 Å². The Morgan fingerprint density at radius 3 is 2.54 bits per heavy atom. The molecular weight excluding hydrogens is 362 g/mol. The predicted octanol–water partition coefficient (Wildman–Crippen LogP) is 1.41. The van der Waals surface area contributed by atoms with E-state index >= 15 is 0 Å². The molecule has 3 rings (SSSR count). The first-order valence-corrected chi connectivity index (χ1v) is 9.78. The van der Waals surface area contributed by atoms with Crippen molar-refractivity contribution in [2.24, 2.45) is 0 Å². The Bertz CT molecular complexity index is 686. The van der Waals surface area contributed by atoms with Gasteiger partial charge in [-0.25, -0.2) is 0 Å². The zero-order valence-electron chi connectivity index (χ0n) is 16.0. The maximum Gasteiger partial charge on any atom is 0.326 e. The molecule has 0 aliphatic carbocycles. The van der Waals surface area contributed by atoms with Gasteiger partial charge in [0.1, 0.15) is 6.54 Å². The second kappa shape index (κ2) is 10.1. The molecule has 152 valence electrons. The van der Waals surface area contributed by atoms with Gasteiger partial charge in [-0.3, -0.25) is 14.4 Å². The minimum absolute atomic E-state index is 0.0285. The lowest BCUT2D eigenvalue weighted by atomic mass is 10.2. The van der Waals surface area contributed by atoms with Gasteiger partial charge in [0.2, 0.25) is 5.91 Å². The van der Waals surface area contributed by atoms with E-state index in [4.69, 9.17) is 9.47 Å². The van der Waals surface area contributed by atoms with Crippen LogP contribution in [0.5, 0.6) is 0 Å². The van der Waals surface area contributed by atoms with Crippen molar-refractivity contribution in [3.63, 3.8) is 0 Å². The zero-order valence-corrected chi connectivity index (χ0v) is 16.0. The van der Waals surface area contributed by atoms with Crippen molar-refractivity contribution in [2.75, 3.05) is 56.2 Å². The van der Waals surface area contributed by atoms with E-state index in [9.17, 15) is 14.4 Å². The second-order valence-corrected chi connectivity index (χ2v) is 6.98. The molecule has 1 aromatic rings. The topological polar surface area (TPSA) is 88.2 Å². The second-order valence-electron chi connectivity index (χ2n) is 6.98. The zero-order chi connectivity index (χ0) is 19.8. The average Bonchev–Trinajstić information content (AvgIpc) is 2.92. The quantitative estimate of drug-likeness (QED) is 0.740. The summed E-state index contributed by atoms with van der Waals surface area (Å²) in [6.07, 6.45) is 3.20. The van der Waals surface area contributed by atoms with E-state index in [2.05, 4.69) is 10.2 Å². The van der Waals surface area contributed by atoms with Crippen molar-refractivity contribution < 1.29 is 23.9 Å². The molecule has 0 spiro atoms. The molecule has 0 saturated carbocycles. The number of amides is 2. The summed E-state index contributed by atoms with van der Waals surface area (Å²) in [6.45, 7) is 3.23. The van der Waals surface area contributed by atoms with Gasteiger partial charge in [0, 0.05) is 37.4 Å². The van der Waals surface area contributed by atoms with Gasteiger partial charge in [0.25, 0.3) is 5.91 Å². The molecule has 0 aromatic heterocycles. The number of ether oxygens (including phenoxy) is 2. The molecule has 2 heterocycles. The number of hydrogen-bond donors (Lipinski definition) is 1. The molecule has 1 aromatic carbocycles. The third-order valence-electron chi connectivity index (χ3n) is 4.88. The van der Waals surface area contributed by atoms with Crippen molar-refractivity contribution in [2.45, 2.75) is 25.7 Å². The Morgan fingerprint density at radius 1 is 1.04 bits per heavy atom. The van der Waals surface area contributed by atoms with E-state index in [1.165, 1.54) is 4.90 Å². The first-order valence-electron chi connectivity index (χ1n) is 9.78. The van der Waals surface area contributed by atoms with Crippen LogP contribution in [0.4, 0.5) is 11.4 Å². The van der Waals surface area contributed by atoms with E-state index in [1.54, 1.807) is 0 Å². The lowest BCUT2D eigenvalue weighted by Gasteiger charge is -2.28. The molecule has 2 fully saturated rings. The van der Waals surface area contributed by atoms with Gasteiger partial charge in [-0.2, -0.15) is 0 Å². The Morgan fingerprint density at radius 2 is 1.79 bits per heavy atom. The first kappa shape index (κ1) is 20.1. The monoisotopic (exact) mass is 389 g/mol. The van der Waals surface area contributed by atoms with Gasteiger partial charge in [0.05, 0.1) is 13.2 Å². The smallest absolute Gasteiger partial charge is 0.326 e. The number of rotatable bonds is 6. The number of nitrogens with zero attached hydrogens (tertiary/aromatic N) is 2. The normalized spacial score (nSPS) is 17.8. The molecule has 1 N–H and O–H groups in total. The standard InChI is InChI=1S/C20H27N3O5/c24-18(15-28-20(26)14-23-9-3-1-2-4-19(23)25)21-16-5-7-17(8-6-16)22-10-12-27-13-11-22/h5-8H,1-4,9-15H2,(H,21,24). The van der Waals surface area contributed by atoms with E-state index in [0.717, 1.165) is 38.0 Å². The highest BCUT2D eigenvalue weighted by molar-refractivity contribution is 5.93. The maximum absolute atomic E-state index is 12.0. The Kier molecular flexibility index (Phi) is 7.25. The van der Waals surface area contributed by atoms with E-state index in [1.807, 2.05) is 24.3 Å². The summed E-state index contributed by atoms with van der Waals surface area (Å²) in [7, 11) is 0. The SMILES string of the molecule is O=C(COC(=O)CN1CCCCCC1=O)Nc1ccc(N2CCOCC2)cc1. The van der Waals surface area contributed by atoms with Crippen LogP contribution in [0.2, 0.25) is 0 Å². The van der Waals surface area contributed by atoms with Crippen molar-refractivity contribution >= 4 is 29.2 Å². The largest absolute Gasteiger partial charge is 0.454 e. The summed E-state index contributed by atoms with van der Waals surface area (Å²) in [4.78, 5) is 39.6. The number of nitrogens with one attached hydrogen (secondary N) is 1. The number of benzene rings is 1. The first-order chi connectivity index (χ1) is 13.6. The number of carbonyl (C=O) groups is 3. The fraction of sp³-hybridized carbons (Fsp3) is 0.550. The van der Waals surface area contributed by atoms with Gasteiger partial charge < -0.3 is 24.6 Å². The molecule has 0 unspecified atom stereocenters. The van der Waals surface area contributed by atoms with Crippen molar-refractivity contribution in [1.82, 2.24) is 4.90 Å². The van der Waals surface area contributed by atoms with Gasteiger partial charge in [-0.1, -0.05) is 6.42 Å². The molecule has 0 bridgehead atoms. The van der Waals surface area contributed by atoms with Crippen LogP contribution in [0.25, 0.3) is 0 Å². The molecule has 8 nitrogen and oxygen atoms in total. The van der Waals surface area contributed by atoms with Gasteiger partial charge in [0.15, 0.2) is 6.61 Å². The number of hydrogen-bond acceptors (Lipinski definition) is 6. The Balaban J connectivity index is 1.41. The third-order valence-corrected chi connectivity index (χ3v) is 4.88. The summed E-state index contributed by atoms with van der Waals surface area (Å²) in [5.74, 6) is -0.998. The molecule has 0 atom stereocenters. The van der Waals surface area contributed by atoms with Crippen molar-refractivity contribution in [3.05, 3.63) is 24.3 Å². The minimum atomic E-state index is -0.562. The lowest BCUT2D eigenvalue weighted by molar-refractivity contribution is -0.151. The van der Waals surface area contributed by atoms with Crippen LogP contribution in [-0.2, 0) is 23.9 Å². The summed E-state index contributed by atoms with van der Waals surface area (Å²) < 4.78 is 10.4. The minimum Gasteiger partial charge on any atom is -0.454 e. The van der Waals surface area contributed by atoms with Gasteiger partial charge in [-0.05, 0) is 37.1 Å². The highest BCUT2D eigenvalue weighted by Gasteiger charge is 2.20. The van der Waals surface area contributed by atoms with Gasteiger partial charge in [-0.15, -0.1) is 0 Å². The number of carbonyl (C=O) groups excluding carboxylic acids is 3. The molecule has 2 amide bonds. The van der Waals surface area contributed by atoms with Crippen LogP contribution in [0.3, 0.4) is 0 Å². The van der Waals surface area contributed by atoms with Crippen LogP contribution in [-0.4, -0.2) is 68.7 Å². The molecule has 0 radical (unpaired) electrons. The highest BCUT2D eigenvalue weighted by Crippen LogP contribution is 2.19. The van der Waals surface area contributed by atoms with E-state index in [0.29, 0.717) is 31.9 Å². The number of anilines is 2. The summed E-state index contributed by atoms with van der Waals surface area (Å²) in [5, 5.41) is 2.71. The molecular formula is C20H27N3O5. The molecule has 28 heavy (non-hydrogen) atoms. The van der Waals surface area contributed by atoms with Crippen LogP contribution in [0.15, 0.2) is 24.3 Å². The van der Waals surface area contributed by atoms with Crippen LogP contribution < -0.4 is 10.2 Å². The number of morpholine rings is 1. The summed E-state index contributed by atoms with van der Waals surface area (Å²) in [6, 6.07) is 7.52. The van der Waals surface area contributed by atoms with Crippen LogP contribution in [0, 0.1) is 0 Å².